The summed E-state index contributed by atoms with van der Waals surface area (Å²) >= 11 is 0. The molecule has 3 heterocycles. The van der Waals surface area contributed by atoms with Crippen molar-refractivity contribution in [3.8, 4) is 33.6 Å². The first-order chi connectivity index (χ1) is 20.6. The molecule has 8 rings (SSSR count). The van der Waals surface area contributed by atoms with Crippen molar-refractivity contribution in [1.82, 2.24) is 19.6 Å². The van der Waals surface area contributed by atoms with Crippen LogP contribution in [0.2, 0.25) is 0 Å². The zero-order chi connectivity index (χ0) is 30.0. The van der Waals surface area contributed by atoms with E-state index in [1.165, 1.54) is 44.8 Å². The molecule has 0 amide bonds. The average Bonchev–Trinajstić information content (AvgIpc) is 3.69. The Balaban J connectivity index is 0.000000166. The predicted octanol–water partition coefficient (Wildman–Crippen LogP) is 8.88. The van der Waals surface area contributed by atoms with E-state index in [-0.39, 0.29) is 36.4 Å². The van der Waals surface area contributed by atoms with Crippen LogP contribution in [0, 0.1) is 12.1 Å². The van der Waals surface area contributed by atoms with Crippen molar-refractivity contribution in [1.29, 1.82) is 0 Å². The summed E-state index contributed by atoms with van der Waals surface area (Å²) in [4.78, 5) is 0. The largest absolute Gasteiger partial charge is 0.262 e. The van der Waals surface area contributed by atoms with Crippen molar-refractivity contribution in [2.24, 2.45) is 0 Å². The van der Waals surface area contributed by atoms with Gasteiger partial charge in [-0.3, -0.25) is 9.36 Å². The molecule has 223 valence electrons. The van der Waals surface area contributed by atoms with Crippen LogP contribution < -0.4 is 0 Å². The molecule has 0 saturated carbocycles. The van der Waals surface area contributed by atoms with Gasteiger partial charge in [0.25, 0.3) is 0 Å². The maximum absolute atomic E-state index is 4.76. The standard InChI is InChI=1S/C24H19N2.C15H17N2.Ir/c1-24(2)22-15-9-8-14-20(22)18-12-6-7-13-19(18)21-16-25-26(23(21)24)17-10-4-3-5-11-17;1-14(2)11-7-5-6-8-12(11)17-13(9-10-16-17)15(14,3)4;/h3-10,12-16H,1-2H3;5-7,9-10H,1-4H3;/q2*-1;. The van der Waals surface area contributed by atoms with E-state index in [1.807, 2.05) is 46.0 Å². The van der Waals surface area contributed by atoms with Crippen molar-refractivity contribution in [3.05, 3.63) is 144 Å². The maximum Gasteiger partial charge on any atom is 0.0596 e. The van der Waals surface area contributed by atoms with Crippen LogP contribution in [-0.4, -0.2) is 19.6 Å². The Labute approximate surface area is 274 Å². The van der Waals surface area contributed by atoms with Gasteiger partial charge < -0.3 is 0 Å². The molecule has 2 aromatic heterocycles. The summed E-state index contributed by atoms with van der Waals surface area (Å²) < 4.78 is 4.08. The monoisotopic (exact) mass is 753 g/mol. The smallest absolute Gasteiger partial charge is 0.0596 e. The first-order valence-electron chi connectivity index (χ1n) is 14.9. The van der Waals surface area contributed by atoms with Gasteiger partial charge in [0.2, 0.25) is 0 Å². The van der Waals surface area contributed by atoms with E-state index < -0.39 is 0 Å². The van der Waals surface area contributed by atoms with E-state index in [1.54, 1.807) is 0 Å². The summed E-state index contributed by atoms with van der Waals surface area (Å²) in [6.07, 6.45) is 3.88. The van der Waals surface area contributed by atoms with Crippen LogP contribution in [0.1, 0.15) is 64.1 Å². The fraction of sp³-hybridized carbons (Fsp3) is 0.231. The van der Waals surface area contributed by atoms with Crippen molar-refractivity contribution in [2.75, 3.05) is 0 Å². The summed E-state index contributed by atoms with van der Waals surface area (Å²) in [5, 5.41) is 9.21. The number of hydrogen-bond acceptors (Lipinski definition) is 2. The summed E-state index contributed by atoms with van der Waals surface area (Å²) in [7, 11) is 0. The van der Waals surface area contributed by atoms with Crippen LogP contribution in [-0.2, 0) is 36.4 Å². The first-order valence-corrected chi connectivity index (χ1v) is 14.9. The number of para-hydroxylation sites is 2. The third-order valence-electron chi connectivity index (χ3n) is 9.95. The number of aromatic nitrogens is 4. The van der Waals surface area contributed by atoms with Gasteiger partial charge in [0, 0.05) is 48.4 Å². The second-order valence-electron chi connectivity index (χ2n) is 13.1. The molecular formula is C39H36IrN4-2. The fourth-order valence-electron chi connectivity index (χ4n) is 6.91. The number of rotatable bonds is 1. The molecule has 0 bridgehead atoms. The Morgan fingerprint density at radius 2 is 1.20 bits per heavy atom. The summed E-state index contributed by atoms with van der Waals surface area (Å²) in [5.74, 6) is 0. The van der Waals surface area contributed by atoms with Crippen molar-refractivity contribution < 1.29 is 20.1 Å². The molecule has 4 nitrogen and oxygen atoms in total. The minimum atomic E-state index is -0.189. The number of nitrogens with zero attached hydrogens (tertiary/aromatic N) is 4. The fourth-order valence-corrected chi connectivity index (χ4v) is 6.91. The quantitative estimate of drug-likeness (QED) is 0.158. The first kappa shape index (κ1) is 30.0. The molecule has 4 aromatic carbocycles. The zero-order valence-corrected chi connectivity index (χ0v) is 28.4. The number of benzene rings is 4. The summed E-state index contributed by atoms with van der Waals surface area (Å²) in [5.41, 5.74) is 12.1. The Kier molecular flexibility index (Phi) is 7.39. The van der Waals surface area contributed by atoms with Gasteiger partial charge in [-0.1, -0.05) is 90.1 Å². The van der Waals surface area contributed by atoms with Gasteiger partial charge >= 0.3 is 0 Å². The van der Waals surface area contributed by atoms with Gasteiger partial charge in [-0.25, -0.2) is 0 Å². The van der Waals surface area contributed by atoms with Crippen LogP contribution in [0.25, 0.3) is 33.6 Å². The third-order valence-corrected chi connectivity index (χ3v) is 9.95. The molecule has 2 aliphatic rings. The summed E-state index contributed by atoms with van der Waals surface area (Å²) in [6.45, 7) is 13.8. The molecule has 0 unspecified atom stereocenters. The normalized spacial score (nSPS) is 15.9. The van der Waals surface area contributed by atoms with Gasteiger partial charge in [-0.15, -0.1) is 11.6 Å². The Bertz CT molecular complexity index is 1960. The molecule has 6 aromatic rings. The molecule has 1 aliphatic heterocycles. The van der Waals surface area contributed by atoms with Crippen molar-refractivity contribution in [2.45, 2.75) is 57.8 Å². The molecule has 5 heteroatoms. The zero-order valence-electron chi connectivity index (χ0n) is 26.0. The minimum absolute atomic E-state index is 0. The van der Waals surface area contributed by atoms with Gasteiger partial charge in [0.1, 0.15) is 0 Å². The van der Waals surface area contributed by atoms with Gasteiger partial charge in [0.15, 0.2) is 0 Å². The van der Waals surface area contributed by atoms with E-state index >= 15 is 0 Å². The molecule has 1 radical (unpaired) electrons. The van der Waals surface area contributed by atoms with E-state index in [9.17, 15) is 0 Å². The molecule has 0 atom stereocenters. The SMILES string of the molecule is CC1(C)c2ccc[c-]c2-n2nccc2C1(C)C.CC1(C)c2ccccc2-c2ccccc2-c2cnn(-c3[c-]cccc3)c21.[Ir]. The van der Waals surface area contributed by atoms with Crippen LogP contribution in [0.5, 0.6) is 0 Å². The van der Waals surface area contributed by atoms with E-state index in [4.69, 9.17) is 5.10 Å². The van der Waals surface area contributed by atoms with Gasteiger partial charge in [-0.2, -0.15) is 58.7 Å². The maximum atomic E-state index is 4.76. The minimum Gasteiger partial charge on any atom is -0.262 e. The Hall–Kier alpha value is -4.05. The van der Waals surface area contributed by atoms with Crippen LogP contribution >= 0.6 is 0 Å². The average molecular weight is 753 g/mol. The molecular weight excluding hydrogens is 717 g/mol. The van der Waals surface area contributed by atoms with E-state index in [2.05, 4.69) is 132 Å². The van der Waals surface area contributed by atoms with Gasteiger partial charge in [-0.05, 0) is 45.1 Å². The third kappa shape index (κ3) is 4.36. The topological polar surface area (TPSA) is 35.6 Å². The van der Waals surface area contributed by atoms with Crippen molar-refractivity contribution in [3.63, 3.8) is 0 Å². The van der Waals surface area contributed by atoms with Crippen molar-refractivity contribution >= 4 is 0 Å². The molecule has 0 saturated heterocycles. The Morgan fingerprint density at radius 1 is 0.568 bits per heavy atom. The molecule has 1 aliphatic carbocycles. The van der Waals surface area contributed by atoms with Crippen LogP contribution in [0.15, 0.2) is 109 Å². The predicted molar refractivity (Wildman–Crippen MR) is 174 cm³/mol. The second-order valence-corrected chi connectivity index (χ2v) is 13.1. The molecule has 0 fully saturated rings. The van der Waals surface area contributed by atoms with Crippen LogP contribution in [0.4, 0.5) is 0 Å². The number of hydrogen-bond donors (Lipinski definition) is 0. The molecule has 44 heavy (non-hydrogen) atoms. The van der Waals surface area contributed by atoms with E-state index in [0.29, 0.717) is 0 Å². The van der Waals surface area contributed by atoms with Crippen LogP contribution in [0.3, 0.4) is 0 Å². The summed E-state index contributed by atoms with van der Waals surface area (Å²) in [6, 6.07) is 40.4. The molecule has 0 spiro atoms. The number of fused-ring (bicyclic) bond motifs is 8. The Morgan fingerprint density at radius 3 is 1.93 bits per heavy atom. The molecule has 0 N–H and O–H groups in total. The van der Waals surface area contributed by atoms with Gasteiger partial charge in [0.05, 0.1) is 11.9 Å². The second kappa shape index (κ2) is 10.8. The van der Waals surface area contributed by atoms with E-state index in [0.717, 1.165) is 11.4 Å².